The van der Waals surface area contributed by atoms with E-state index in [2.05, 4.69) is 24.3 Å². The van der Waals surface area contributed by atoms with Gasteiger partial charge >= 0.3 is 0 Å². The van der Waals surface area contributed by atoms with Gasteiger partial charge in [-0.1, -0.05) is 61.4 Å². The van der Waals surface area contributed by atoms with Crippen LogP contribution in [0.15, 0.2) is 48.5 Å². The molecule has 3 heteroatoms. The van der Waals surface area contributed by atoms with Gasteiger partial charge in [0.25, 0.3) is 0 Å². The maximum absolute atomic E-state index is 7.69. The van der Waals surface area contributed by atoms with Crippen molar-refractivity contribution in [1.82, 2.24) is 0 Å². The Labute approximate surface area is 131 Å². The zero-order valence-corrected chi connectivity index (χ0v) is 12.7. The maximum Gasteiger partial charge on any atom is 0.123 e. The van der Waals surface area contributed by atoms with Gasteiger partial charge < -0.3 is 10.5 Å². The van der Waals surface area contributed by atoms with Crippen LogP contribution in [0, 0.1) is 5.41 Å². The van der Waals surface area contributed by atoms with Crippen molar-refractivity contribution in [2.45, 2.75) is 38.4 Å². The van der Waals surface area contributed by atoms with Crippen LogP contribution < -0.4 is 5.73 Å². The molecule has 0 unspecified atom stereocenters. The molecule has 22 heavy (non-hydrogen) atoms. The van der Waals surface area contributed by atoms with Crippen molar-refractivity contribution in [3.63, 3.8) is 0 Å². The topological polar surface area (TPSA) is 59.1 Å². The summed E-state index contributed by atoms with van der Waals surface area (Å²) in [5.74, 6) is 0.101. The summed E-state index contributed by atoms with van der Waals surface area (Å²) >= 11 is 0. The zero-order valence-electron chi connectivity index (χ0n) is 12.7. The van der Waals surface area contributed by atoms with E-state index in [1.165, 1.54) is 31.2 Å². The second kappa shape index (κ2) is 6.75. The van der Waals surface area contributed by atoms with E-state index in [0.29, 0.717) is 12.7 Å². The second-order valence-electron chi connectivity index (χ2n) is 5.87. The fraction of sp³-hybridized carbons (Fsp3) is 0.316. The van der Waals surface area contributed by atoms with E-state index in [9.17, 15) is 0 Å². The van der Waals surface area contributed by atoms with Crippen LogP contribution in [0.5, 0.6) is 0 Å². The molecule has 0 bridgehead atoms. The van der Waals surface area contributed by atoms with E-state index in [4.69, 9.17) is 15.9 Å². The molecule has 3 nitrogen and oxygen atoms in total. The molecule has 3 rings (SSSR count). The summed E-state index contributed by atoms with van der Waals surface area (Å²) in [6.45, 7) is 0.680. The Morgan fingerprint density at radius 2 is 1.73 bits per heavy atom. The van der Waals surface area contributed by atoms with Gasteiger partial charge in [-0.2, -0.15) is 0 Å². The highest BCUT2D eigenvalue weighted by molar-refractivity contribution is 6.01. The average molecular weight is 294 g/mol. The van der Waals surface area contributed by atoms with Crippen molar-refractivity contribution < 1.29 is 4.74 Å². The van der Waals surface area contributed by atoms with Gasteiger partial charge in [-0.05, 0) is 29.5 Å². The average Bonchev–Trinajstić information content (AvgIpc) is 3.07. The fourth-order valence-electron chi connectivity index (χ4n) is 3.02. The van der Waals surface area contributed by atoms with Crippen molar-refractivity contribution in [2.24, 2.45) is 5.73 Å². The maximum atomic E-state index is 7.69. The largest absolute Gasteiger partial charge is 0.384 e. The zero-order chi connectivity index (χ0) is 15.4. The van der Waals surface area contributed by atoms with Gasteiger partial charge in [-0.15, -0.1) is 0 Å². The lowest BCUT2D eigenvalue weighted by Crippen LogP contribution is -2.12. The van der Waals surface area contributed by atoms with E-state index >= 15 is 0 Å². The molecule has 1 aliphatic carbocycles. The normalized spacial score (nSPS) is 15.1. The molecule has 0 saturated heterocycles. The first-order chi connectivity index (χ1) is 10.7. The lowest BCUT2D eigenvalue weighted by atomic mass is 9.98. The van der Waals surface area contributed by atoms with Crippen molar-refractivity contribution in [3.8, 4) is 11.1 Å². The van der Waals surface area contributed by atoms with Gasteiger partial charge in [0.05, 0.1) is 12.7 Å². The van der Waals surface area contributed by atoms with Crippen molar-refractivity contribution >= 4 is 5.84 Å². The van der Waals surface area contributed by atoms with Crippen LogP contribution in [0.4, 0.5) is 0 Å². The SMILES string of the molecule is N=C(N)c1ccccc1-c1ccc(COC2CCCC2)cc1. The summed E-state index contributed by atoms with van der Waals surface area (Å²) in [4.78, 5) is 0. The van der Waals surface area contributed by atoms with Gasteiger partial charge in [-0.3, -0.25) is 5.41 Å². The lowest BCUT2D eigenvalue weighted by Gasteiger charge is -2.12. The minimum Gasteiger partial charge on any atom is -0.384 e. The van der Waals surface area contributed by atoms with E-state index in [1.807, 2.05) is 24.3 Å². The molecule has 0 spiro atoms. The number of nitrogen functional groups attached to an aromatic ring is 1. The molecule has 2 aromatic rings. The van der Waals surface area contributed by atoms with Gasteiger partial charge in [0, 0.05) is 5.56 Å². The minimum absolute atomic E-state index is 0.101. The molecule has 0 aliphatic heterocycles. The van der Waals surface area contributed by atoms with Crippen LogP contribution in [0.3, 0.4) is 0 Å². The van der Waals surface area contributed by atoms with Crippen LogP contribution in [0.25, 0.3) is 11.1 Å². The summed E-state index contributed by atoms with van der Waals surface area (Å²) in [5, 5.41) is 7.69. The molecule has 0 heterocycles. The van der Waals surface area contributed by atoms with Crippen molar-refractivity contribution in [2.75, 3.05) is 0 Å². The molecule has 3 N–H and O–H groups in total. The van der Waals surface area contributed by atoms with Crippen molar-refractivity contribution in [3.05, 3.63) is 59.7 Å². The van der Waals surface area contributed by atoms with E-state index < -0.39 is 0 Å². The summed E-state index contributed by atoms with van der Waals surface area (Å²) in [6.07, 6.45) is 5.43. The number of ether oxygens (including phenoxy) is 1. The van der Waals surface area contributed by atoms with E-state index in [0.717, 1.165) is 16.7 Å². The first-order valence-corrected chi connectivity index (χ1v) is 7.88. The number of hydrogen-bond acceptors (Lipinski definition) is 2. The van der Waals surface area contributed by atoms with Crippen LogP contribution >= 0.6 is 0 Å². The third-order valence-electron chi connectivity index (χ3n) is 4.27. The standard InChI is InChI=1S/C19H22N2O/c20-19(21)18-8-4-3-7-17(18)15-11-9-14(10-12-15)13-22-16-5-1-2-6-16/h3-4,7-12,16H,1-2,5-6,13H2,(H3,20,21). The Balaban J connectivity index is 1.72. The molecule has 0 aromatic heterocycles. The monoisotopic (exact) mass is 294 g/mol. The minimum atomic E-state index is 0.101. The molecule has 0 amide bonds. The Morgan fingerprint density at radius 1 is 1.05 bits per heavy atom. The lowest BCUT2D eigenvalue weighted by molar-refractivity contribution is 0.0457. The highest BCUT2D eigenvalue weighted by Gasteiger charge is 2.15. The molecule has 114 valence electrons. The quantitative estimate of drug-likeness (QED) is 0.644. The highest BCUT2D eigenvalue weighted by atomic mass is 16.5. The Kier molecular flexibility index (Phi) is 4.54. The predicted octanol–water partition coefficient (Wildman–Crippen LogP) is 4.10. The second-order valence-corrected chi connectivity index (χ2v) is 5.87. The molecular weight excluding hydrogens is 272 g/mol. The Morgan fingerprint density at radius 3 is 2.41 bits per heavy atom. The molecule has 1 fully saturated rings. The summed E-state index contributed by atoms with van der Waals surface area (Å²) < 4.78 is 5.94. The number of benzene rings is 2. The van der Waals surface area contributed by atoms with Crippen molar-refractivity contribution in [1.29, 1.82) is 5.41 Å². The van der Waals surface area contributed by atoms with Crippen LogP contribution in [0.1, 0.15) is 36.8 Å². The van der Waals surface area contributed by atoms with Gasteiger partial charge in [-0.25, -0.2) is 0 Å². The Hall–Kier alpha value is -2.13. The molecule has 0 atom stereocenters. The van der Waals surface area contributed by atoms with E-state index in [1.54, 1.807) is 0 Å². The molecule has 2 aromatic carbocycles. The fourth-order valence-corrected chi connectivity index (χ4v) is 3.02. The van der Waals surface area contributed by atoms with Crippen LogP contribution in [-0.4, -0.2) is 11.9 Å². The number of hydrogen-bond donors (Lipinski definition) is 2. The molecular formula is C19H22N2O. The number of amidine groups is 1. The summed E-state index contributed by atoms with van der Waals surface area (Å²) in [6, 6.07) is 16.1. The number of rotatable bonds is 5. The Bertz CT molecular complexity index is 643. The third kappa shape index (κ3) is 3.37. The van der Waals surface area contributed by atoms with Crippen LogP contribution in [-0.2, 0) is 11.3 Å². The van der Waals surface area contributed by atoms with E-state index in [-0.39, 0.29) is 5.84 Å². The van der Waals surface area contributed by atoms with Gasteiger partial charge in [0.1, 0.15) is 5.84 Å². The predicted molar refractivity (Wildman–Crippen MR) is 89.9 cm³/mol. The molecule has 0 radical (unpaired) electrons. The number of nitrogens with one attached hydrogen (secondary N) is 1. The third-order valence-corrected chi connectivity index (χ3v) is 4.27. The summed E-state index contributed by atoms with van der Waals surface area (Å²) in [7, 11) is 0. The number of nitrogens with two attached hydrogens (primary N) is 1. The van der Waals surface area contributed by atoms with Gasteiger partial charge in [0.2, 0.25) is 0 Å². The molecule has 1 saturated carbocycles. The van der Waals surface area contributed by atoms with Crippen LogP contribution in [0.2, 0.25) is 0 Å². The first kappa shape index (κ1) is 14.8. The molecule has 1 aliphatic rings. The summed E-state index contributed by atoms with van der Waals surface area (Å²) in [5.41, 5.74) is 9.71. The first-order valence-electron chi connectivity index (χ1n) is 7.88. The highest BCUT2D eigenvalue weighted by Crippen LogP contribution is 2.25. The smallest absolute Gasteiger partial charge is 0.123 e. The van der Waals surface area contributed by atoms with Gasteiger partial charge in [0.15, 0.2) is 0 Å².